The van der Waals surface area contributed by atoms with Crippen LogP contribution in [0.5, 0.6) is 23.3 Å². The molecule has 4 aliphatic rings. The van der Waals surface area contributed by atoms with Crippen molar-refractivity contribution in [1.29, 1.82) is 0 Å². The standard InChI is InChI=1S/C52H56N8O9/c1-6-35-37-21-34(9-10-41(37)53-47-39(35)26-59-25-32-28-68-49(64)52(67,7-2)40(32)23-43(47)59)69-51(66)56(5)27-46(63)58-17-13-30(14-18-58)12-16-57-19-15-31-20-33(8-11-42(31)57)60-48(54-55-50(60)65)38-22-36(29(3)4)44(61)24-45(38)62/h8-11,15,19-24,29-30,61-62,67H,6-7,12-14,16-18,25-28H2,1-5H3,(H,55,65)/t52-/m0/s1. The van der Waals surface area contributed by atoms with Crippen molar-refractivity contribution in [3.8, 4) is 40.3 Å². The average molecular weight is 937 g/mol. The van der Waals surface area contributed by atoms with Crippen LogP contribution in [0.4, 0.5) is 4.79 Å². The zero-order valence-corrected chi connectivity index (χ0v) is 39.4. The van der Waals surface area contributed by atoms with Crippen LogP contribution in [0.1, 0.15) is 81.7 Å². The maximum atomic E-state index is 13.5. The first-order valence-corrected chi connectivity index (χ1v) is 23.7. The van der Waals surface area contributed by atoms with Crippen LogP contribution in [0, 0.1) is 5.92 Å². The maximum Gasteiger partial charge on any atom is 0.415 e. The van der Waals surface area contributed by atoms with Gasteiger partial charge in [0, 0.05) is 79.5 Å². The molecule has 4 N–H and O–H groups in total. The number of likely N-dealkylation sites (tertiary alicyclic amines) is 1. The molecule has 17 nitrogen and oxygen atoms in total. The van der Waals surface area contributed by atoms with Gasteiger partial charge >= 0.3 is 18.1 Å². The van der Waals surface area contributed by atoms with Gasteiger partial charge in [-0.05, 0) is 115 Å². The molecule has 0 bridgehead atoms. The molecule has 7 heterocycles. The number of fused-ring (bicyclic) bond motifs is 5. The van der Waals surface area contributed by atoms with E-state index in [0.717, 1.165) is 75.7 Å². The molecule has 358 valence electrons. The summed E-state index contributed by atoms with van der Waals surface area (Å²) in [5, 5.41) is 53.1. The number of phenolic OH excluding ortho intramolecular Hbond substituents is 2. The summed E-state index contributed by atoms with van der Waals surface area (Å²) < 4.78 is 14.9. The summed E-state index contributed by atoms with van der Waals surface area (Å²) >= 11 is 0. The van der Waals surface area contributed by atoms with Crippen LogP contribution in [-0.4, -0.2) is 123 Å². The lowest BCUT2D eigenvalue weighted by molar-refractivity contribution is -0.163. The van der Waals surface area contributed by atoms with Crippen molar-refractivity contribution < 1.29 is 44.3 Å². The van der Waals surface area contributed by atoms with Crippen LogP contribution in [0.3, 0.4) is 0 Å². The fraction of sp³-hybridized carbons (Fsp3) is 0.385. The first-order valence-electron chi connectivity index (χ1n) is 23.7. The number of hydrogen-bond acceptors (Lipinski definition) is 13. The predicted octanol–water partition coefficient (Wildman–Crippen LogP) is 7.16. The van der Waals surface area contributed by atoms with Crippen LogP contribution in [-0.2, 0) is 33.8 Å². The molecule has 0 saturated carbocycles. The molecule has 6 aromatic rings. The average Bonchev–Trinajstić information content (AvgIpc) is 4.04. The third-order valence-corrected chi connectivity index (χ3v) is 14.5. The first-order chi connectivity index (χ1) is 33.1. The Hall–Kier alpha value is -7.40. The second kappa shape index (κ2) is 17.6. The Balaban J connectivity index is 0.739. The molecule has 69 heavy (non-hydrogen) atoms. The monoisotopic (exact) mass is 936 g/mol. The van der Waals surface area contributed by atoms with Crippen molar-refractivity contribution in [1.82, 2.24) is 39.0 Å². The van der Waals surface area contributed by atoms with Crippen molar-refractivity contribution in [3.63, 3.8) is 0 Å². The fourth-order valence-corrected chi connectivity index (χ4v) is 10.5. The quantitative estimate of drug-likeness (QED) is 0.0952. The number of ether oxygens (including phenoxy) is 2. The van der Waals surface area contributed by atoms with Gasteiger partial charge in [0.05, 0.1) is 28.2 Å². The van der Waals surface area contributed by atoms with Crippen LogP contribution in [0.25, 0.3) is 44.6 Å². The summed E-state index contributed by atoms with van der Waals surface area (Å²) in [7, 11) is 1.57. The van der Waals surface area contributed by atoms with Gasteiger partial charge in [-0.15, -0.1) is 5.10 Å². The molecular formula is C52H56N8O9. The second-order valence-corrected chi connectivity index (χ2v) is 19.0. The number of carbonyl (C=O) groups is 3. The largest absolute Gasteiger partial charge is 0.508 e. The Labute approximate surface area is 398 Å². The molecule has 0 aliphatic carbocycles. The Morgan fingerprint density at radius 2 is 1.78 bits per heavy atom. The number of hydrogen-bond donors (Lipinski definition) is 4. The maximum absolute atomic E-state index is 13.5. The lowest BCUT2D eigenvalue weighted by Crippen LogP contribution is -2.47. The Kier molecular flexibility index (Phi) is 11.6. The minimum atomic E-state index is -1.69. The van der Waals surface area contributed by atoms with Gasteiger partial charge in [0.1, 0.15) is 30.4 Å². The molecule has 3 aromatic heterocycles. The highest BCUT2D eigenvalue weighted by atomic mass is 16.6. The highest BCUT2D eigenvalue weighted by molar-refractivity contribution is 5.92. The summed E-state index contributed by atoms with van der Waals surface area (Å²) in [6, 6.07) is 15.8. The second-order valence-electron chi connectivity index (χ2n) is 19.0. The number of aromatic hydroxyl groups is 3. The number of cyclic esters (lactones) is 1. The molecule has 4 aliphatic heterocycles. The van der Waals surface area contributed by atoms with Crippen LogP contribution in [0.2, 0.25) is 0 Å². The number of aryl methyl sites for hydroxylation is 2. The SMILES string of the molecule is CCc1c2c(nc3ccc(OC(=O)N(C)CC(=O)N4CCC(CCn5ccc6cc(-n7c(O)nnc7-c7cc(C(C)C)c(O)cc7O)ccc65)CC4)cc13)C1=CC3=C(COC(=O)[C@]3(O)CC)CN1C2. The molecule has 1 atom stereocenters. The summed E-state index contributed by atoms with van der Waals surface area (Å²) in [6.45, 7) is 10.9. The van der Waals surface area contributed by atoms with Gasteiger partial charge in [-0.3, -0.25) is 4.79 Å². The van der Waals surface area contributed by atoms with Crippen molar-refractivity contribution in [3.05, 3.63) is 100 Å². The van der Waals surface area contributed by atoms with Gasteiger partial charge in [0.25, 0.3) is 0 Å². The predicted molar refractivity (Wildman–Crippen MR) is 257 cm³/mol. The number of phenols is 2. The summed E-state index contributed by atoms with van der Waals surface area (Å²) in [4.78, 5) is 49.8. The molecule has 3 aromatic carbocycles. The van der Waals surface area contributed by atoms with Gasteiger partial charge in [-0.25, -0.2) is 19.1 Å². The number of aromatic nitrogens is 5. The molecule has 1 saturated heterocycles. The minimum Gasteiger partial charge on any atom is -0.508 e. The third kappa shape index (κ3) is 7.97. The van der Waals surface area contributed by atoms with Crippen molar-refractivity contribution >= 4 is 45.5 Å². The highest BCUT2D eigenvalue weighted by Gasteiger charge is 2.47. The van der Waals surface area contributed by atoms with E-state index in [9.17, 15) is 34.8 Å². The number of esters is 1. The Morgan fingerprint density at radius 3 is 2.54 bits per heavy atom. The Morgan fingerprint density at radius 1 is 0.986 bits per heavy atom. The van der Waals surface area contributed by atoms with Gasteiger partial charge in [0.2, 0.25) is 5.91 Å². The normalized spacial score (nSPS) is 18.1. The van der Waals surface area contributed by atoms with E-state index in [1.54, 1.807) is 26.1 Å². The summed E-state index contributed by atoms with van der Waals surface area (Å²) in [5.74, 6) is 0.0464. The molecule has 0 unspecified atom stereocenters. The number of amides is 2. The molecule has 1 fully saturated rings. The van der Waals surface area contributed by atoms with E-state index in [1.807, 2.05) is 67.4 Å². The number of nitrogens with zero attached hydrogens (tertiary/aromatic N) is 8. The van der Waals surface area contributed by atoms with Crippen LogP contribution >= 0.6 is 0 Å². The van der Waals surface area contributed by atoms with E-state index in [4.69, 9.17) is 14.5 Å². The van der Waals surface area contributed by atoms with E-state index in [1.165, 1.54) is 15.5 Å². The van der Waals surface area contributed by atoms with Crippen LogP contribution in [0.15, 0.2) is 78.0 Å². The lowest BCUT2D eigenvalue weighted by atomic mass is 9.83. The van der Waals surface area contributed by atoms with Crippen molar-refractivity contribution in [2.45, 2.75) is 84.4 Å². The van der Waals surface area contributed by atoms with Crippen LogP contribution < -0.4 is 4.74 Å². The Bertz CT molecular complexity index is 3140. The van der Waals surface area contributed by atoms with E-state index in [0.29, 0.717) is 66.7 Å². The first kappa shape index (κ1) is 45.4. The van der Waals surface area contributed by atoms with E-state index < -0.39 is 17.7 Å². The van der Waals surface area contributed by atoms with Gasteiger partial charge in [-0.1, -0.05) is 32.8 Å². The minimum absolute atomic E-state index is 0.0141. The van der Waals surface area contributed by atoms with E-state index in [2.05, 4.69) is 26.6 Å². The molecule has 0 spiro atoms. The molecule has 2 amide bonds. The van der Waals surface area contributed by atoms with Gasteiger partial charge < -0.3 is 49.2 Å². The molecular weight excluding hydrogens is 881 g/mol. The smallest absolute Gasteiger partial charge is 0.415 e. The third-order valence-electron chi connectivity index (χ3n) is 14.5. The number of likely N-dealkylation sites (N-methyl/N-ethyl adjacent to an activating group) is 1. The number of pyridine rings is 1. The molecule has 0 radical (unpaired) electrons. The zero-order valence-electron chi connectivity index (χ0n) is 39.4. The van der Waals surface area contributed by atoms with Gasteiger partial charge in [-0.2, -0.15) is 0 Å². The van der Waals surface area contributed by atoms with Crippen molar-refractivity contribution in [2.24, 2.45) is 5.92 Å². The highest BCUT2D eigenvalue weighted by Crippen LogP contribution is 2.45. The number of piperidine rings is 1. The van der Waals surface area contributed by atoms with Gasteiger partial charge in [0.15, 0.2) is 11.4 Å². The molecule has 10 rings (SSSR count). The van der Waals surface area contributed by atoms with E-state index >= 15 is 0 Å². The lowest BCUT2D eigenvalue weighted by Gasteiger charge is -2.37. The number of rotatable bonds is 11. The van der Waals surface area contributed by atoms with E-state index in [-0.39, 0.29) is 54.7 Å². The fourth-order valence-electron chi connectivity index (χ4n) is 10.5. The number of carbonyl (C=O) groups excluding carboxylic acids is 3. The summed E-state index contributed by atoms with van der Waals surface area (Å²) in [5.41, 5.74) is 6.98. The topological polar surface area (TPSA) is 209 Å². The molecule has 17 heteroatoms. The zero-order chi connectivity index (χ0) is 48.5. The van der Waals surface area contributed by atoms with Crippen molar-refractivity contribution in [2.75, 3.05) is 39.8 Å². The summed E-state index contributed by atoms with van der Waals surface area (Å²) in [6.07, 6.45) is 6.84. The number of benzene rings is 3. The number of aliphatic hydroxyl groups is 1.